The van der Waals surface area contributed by atoms with Crippen LogP contribution >= 0.6 is 23.2 Å². The minimum Gasteiger partial charge on any atom is -0.321 e. The van der Waals surface area contributed by atoms with Crippen molar-refractivity contribution in [2.75, 3.05) is 5.32 Å². The number of hydrogen-bond acceptors (Lipinski definition) is 2. The lowest BCUT2D eigenvalue weighted by Gasteiger charge is -2.11. The molecule has 5 heteroatoms. The summed E-state index contributed by atoms with van der Waals surface area (Å²) in [5.74, 6) is -0.546. The fourth-order valence-corrected chi connectivity index (χ4v) is 2.65. The van der Waals surface area contributed by atoms with Gasteiger partial charge in [-0.25, -0.2) is 0 Å². The lowest BCUT2D eigenvalue weighted by Crippen LogP contribution is -2.15. The van der Waals surface area contributed by atoms with Gasteiger partial charge in [0.25, 0.3) is 5.91 Å². The first kappa shape index (κ1) is 17.2. The predicted octanol–water partition coefficient (Wildman–Crippen LogP) is 5.48. The highest BCUT2D eigenvalue weighted by atomic mass is 35.5. The van der Waals surface area contributed by atoms with Gasteiger partial charge >= 0.3 is 0 Å². The largest absolute Gasteiger partial charge is 0.321 e. The third kappa shape index (κ3) is 4.08. The van der Waals surface area contributed by atoms with Crippen molar-refractivity contribution in [2.45, 2.75) is 0 Å². The Morgan fingerprint density at radius 2 is 1.36 bits per heavy atom. The molecule has 0 spiro atoms. The second-order valence-electron chi connectivity index (χ2n) is 5.35. The number of hydrogen-bond donors (Lipinski definition) is 1. The molecule has 1 N–H and O–H groups in total. The Bertz CT molecular complexity index is 922. The topological polar surface area (TPSA) is 46.2 Å². The molecule has 124 valence electrons. The summed E-state index contributed by atoms with van der Waals surface area (Å²) in [7, 11) is 0. The van der Waals surface area contributed by atoms with Crippen LogP contribution in [0.2, 0.25) is 10.0 Å². The van der Waals surface area contributed by atoms with Crippen LogP contribution in [-0.2, 0) is 0 Å². The maximum absolute atomic E-state index is 12.8. The van der Waals surface area contributed by atoms with Crippen molar-refractivity contribution in [1.82, 2.24) is 0 Å². The summed E-state index contributed by atoms with van der Waals surface area (Å²) in [5, 5.41) is 3.73. The van der Waals surface area contributed by atoms with Crippen molar-refractivity contribution < 1.29 is 9.59 Å². The van der Waals surface area contributed by atoms with Crippen molar-refractivity contribution in [3.63, 3.8) is 0 Å². The molecule has 0 saturated heterocycles. The quantitative estimate of drug-likeness (QED) is 0.619. The first-order valence-corrected chi connectivity index (χ1v) is 8.26. The predicted molar refractivity (Wildman–Crippen MR) is 101 cm³/mol. The van der Waals surface area contributed by atoms with Crippen LogP contribution < -0.4 is 5.32 Å². The third-order valence-electron chi connectivity index (χ3n) is 3.62. The highest BCUT2D eigenvalue weighted by Crippen LogP contribution is 2.24. The number of carbonyl (C=O) groups is 2. The van der Waals surface area contributed by atoms with E-state index in [4.69, 9.17) is 23.2 Å². The SMILES string of the molecule is O=C(Nc1ccc(Cl)cc1C(=O)c1ccccc1)c1ccc(Cl)cc1. The second kappa shape index (κ2) is 7.51. The molecule has 0 aromatic heterocycles. The zero-order chi connectivity index (χ0) is 17.8. The van der Waals surface area contributed by atoms with E-state index in [1.165, 1.54) is 0 Å². The number of ketones is 1. The van der Waals surface area contributed by atoms with Gasteiger partial charge in [-0.1, -0.05) is 53.5 Å². The Morgan fingerprint density at radius 3 is 2.04 bits per heavy atom. The molecule has 0 fully saturated rings. The molecule has 3 aromatic rings. The van der Waals surface area contributed by atoms with Crippen LogP contribution in [0.1, 0.15) is 26.3 Å². The van der Waals surface area contributed by atoms with Crippen molar-refractivity contribution in [2.24, 2.45) is 0 Å². The minimum absolute atomic E-state index is 0.213. The Kier molecular flexibility index (Phi) is 5.17. The van der Waals surface area contributed by atoms with Gasteiger partial charge in [0.05, 0.1) is 5.69 Å². The lowest BCUT2D eigenvalue weighted by molar-refractivity contribution is 0.102. The van der Waals surface area contributed by atoms with E-state index in [1.807, 2.05) is 6.07 Å². The number of halogens is 2. The summed E-state index contributed by atoms with van der Waals surface area (Å²) in [4.78, 5) is 25.2. The molecular formula is C20H13Cl2NO2. The van der Waals surface area contributed by atoms with Gasteiger partial charge in [-0.2, -0.15) is 0 Å². The van der Waals surface area contributed by atoms with Crippen LogP contribution in [0.15, 0.2) is 72.8 Å². The molecule has 1 amide bonds. The van der Waals surface area contributed by atoms with Crippen molar-refractivity contribution in [3.05, 3.63) is 99.5 Å². The van der Waals surface area contributed by atoms with Gasteiger partial charge in [0.1, 0.15) is 0 Å². The first-order valence-electron chi connectivity index (χ1n) is 7.51. The normalized spacial score (nSPS) is 10.3. The standard InChI is InChI=1S/C20H13Cl2NO2/c21-15-8-6-14(7-9-15)20(25)23-18-11-10-16(22)12-17(18)19(24)13-4-2-1-3-5-13/h1-12H,(H,23,25). The van der Waals surface area contributed by atoms with Crippen molar-refractivity contribution in [3.8, 4) is 0 Å². The summed E-state index contributed by atoms with van der Waals surface area (Å²) in [5.41, 5.74) is 1.70. The van der Waals surface area contributed by atoms with Gasteiger partial charge < -0.3 is 5.32 Å². The van der Waals surface area contributed by atoms with E-state index in [0.29, 0.717) is 32.4 Å². The Hall–Kier alpha value is -2.62. The van der Waals surface area contributed by atoms with E-state index in [-0.39, 0.29) is 11.7 Å². The average molecular weight is 370 g/mol. The number of amides is 1. The molecule has 0 aliphatic heterocycles. The van der Waals surface area contributed by atoms with Crippen LogP contribution in [0.25, 0.3) is 0 Å². The number of anilines is 1. The molecule has 3 nitrogen and oxygen atoms in total. The summed E-state index contributed by atoms with van der Waals surface area (Å²) in [6, 6.07) is 20.1. The molecule has 0 heterocycles. The minimum atomic E-state index is -0.332. The monoisotopic (exact) mass is 369 g/mol. The van der Waals surface area contributed by atoms with E-state index >= 15 is 0 Å². The van der Waals surface area contributed by atoms with Gasteiger partial charge in [0.15, 0.2) is 5.78 Å². The fraction of sp³-hybridized carbons (Fsp3) is 0. The molecule has 0 unspecified atom stereocenters. The summed E-state index contributed by atoms with van der Waals surface area (Å²) in [6.07, 6.45) is 0. The van der Waals surface area contributed by atoms with Gasteiger partial charge in [-0.3, -0.25) is 9.59 Å². The van der Waals surface area contributed by atoms with E-state index in [2.05, 4.69) is 5.32 Å². The fourth-order valence-electron chi connectivity index (χ4n) is 2.35. The molecule has 0 aliphatic carbocycles. The Balaban J connectivity index is 1.93. The zero-order valence-electron chi connectivity index (χ0n) is 13.0. The molecule has 0 aliphatic rings. The van der Waals surface area contributed by atoms with Crippen LogP contribution in [-0.4, -0.2) is 11.7 Å². The maximum atomic E-state index is 12.8. The molecule has 0 radical (unpaired) electrons. The molecule has 3 aromatic carbocycles. The van der Waals surface area contributed by atoms with E-state index < -0.39 is 0 Å². The van der Waals surface area contributed by atoms with Gasteiger partial charge in [-0.05, 0) is 42.5 Å². The average Bonchev–Trinajstić information content (AvgIpc) is 2.64. The van der Waals surface area contributed by atoms with Crippen LogP contribution in [0.5, 0.6) is 0 Å². The Labute approximate surface area is 155 Å². The zero-order valence-corrected chi connectivity index (χ0v) is 14.5. The maximum Gasteiger partial charge on any atom is 0.255 e. The first-order chi connectivity index (χ1) is 12.0. The lowest BCUT2D eigenvalue weighted by atomic mass is 10.0. The van der Waals surface area contributed by atoms with Crippen LogP contribution in [0.4, 0.5) is 5.69 Å². The van der Waals surface area contributed by atoms with Gasteiger partial charge in [-0.15, -0.1) is 0 Å². The van der Waals surface area contributed by atoms with Crippen molar-refractivity contribution in [1.29, 1.82) is 0 Å². The highest BCUT2D eigenvalue weighted by molar-refractivity contribution is 6.31. The van der Waals surface area contributed by atoms with E-state index in [1.54, 1.807) is 66.7 Å². The molecular weight excluding hydrogens is 357 g/mol. The number of nitrogens with one attached hydrogen (secondary N) is 1. The van der Waals surface area contributed by atoms with Gasteiger partial charge in [0.2, 0.25) is 0 Å². The molecule has 3 rings (SSSR count). The number of benzene rings is 3. The highest BCUT2D eigenvalue weighted by Gasteiger charge is 2.16. The summed E-state index contributed by atoms with van der Waals surface area (Å²) >= 11 is 11.9. The summed E-state index contributed by atoms with van der Waals surface area (Å²) < 4.78 is 0. The molecule has 0 bridgehead atoms. The second-order valence-corrected chi connectivity index (χ2v) is 6.22. The van der Waals surface area contributed by atoms with E-state index in [9.17, 15) is 9.59 Å². The number of carbonyl (C=O) groups excluding carboxylic acids is 2. The number of rotatable bonds is 4. The smallest absolute Gasteiger partial charge is 0.255 e. The van der Waals surface area contributed by atoms with E-state index in [0.717, 1.165) is 0 Å². The van der Waals surface area contributed by atoms with Crippen LogP contribution in [0, 0.1) is 0 Å². The summed E-state index contributed by atoms with van der Waals surface area (Å²) in [6.45, 7) is 0. The van der Waals surface area contributed by atoms with Gasteiger partial charge in [0, 0.05) is 26.7 Å². The Morgan fingerprint density at radius 1 is 0.720 bits per heavy atom. The van der Waals surface area contributed by atoms with Crippen LogP contribution in [0.3, 0.4) is 0 Å². The van der Waals surface area contributed by atoms with Crippen molar-refractivity contribution >= 4 is 40.6 Å². The third-order valence-corrected chi connectivity index (χ3v) is 4.10. The molecule has 25 heavy (non-hydrogen) atoms. The molecule has 0 atom stereocenters. The molecule has 0 saturated carbocycles.